The Morgan fingerprint density at radius 3 is 2.89 bits per heavy atom. The first-order valence-electron chi connectivity index (χ1n) is 6.76. The molecule has 2 aliphatic heterocycles. The number of benzene rings is 1. The summed E-state index contributed by atoms with van der Waals surface area (Å²) in [6, 6.07) is 11.5. The van der Waals surface area contributed by atoms with Gasteiger partial charge in [-0.05, 0) is 18.9 Å². The zero-order valence-corrected chi connectivity index (χ0v) is 11.1. The summed E-state index contributed by atoms with van der Waals surface area (Å²) in [6.07, 6.45) is 2.12. The number of epoxide rings is 1. The molecule has 0 amide bonds. The van der Waals surface area contributed by atoms with E-state index < -0.39 is 0 Å². The molecule has 0 N–H and O–H groups in total. The van der Waals surface area contributed by atoms with E-state index >= 15 is 0 Å². The smallest absolute Gasteiger partial charge is 0.0994 e. The molecule has 2 heterocycles. The molecule has 0 aliphatic carbocycles. The molecule has 3 heteroatoms. The summed E-state index contributed by atoms with van der Waals surface area (Å²) in [6.45, 7) is 4.12. The Morgan fingerprint density at radius 2 is 2.17 bits per heavy atom. The molecule has 1 aromatic rings. The number of hydrogen-bond donors (Lipinski definition) is 0. The van der Waals surface area contributed by atoms with E-state index in [1.54, 1.807) is 7.11 Å². The quantitative estimate of drug-likeness (QED) is 0.763. The number of likely N-dealkylation sites (tertiary alicyclic amines) is 1. The first-order chi connectivity index (χ1) is 8.81. The highest BCUT2D eigenvalue weighted by atomic mass is 16.6. The SMILES string of the molecule is COC[C@@H](c1ccccc1)N1CC[C@H]2O[C@H]2[C@@H]1C. The lowest BCUT2D eigenvalue weighted by Gasteiger charge is -2.37. The molecule has 4 atom stereocenters. The largest absolute Gasteiger partial charge is 0.383 e. The van der Waals surface area contributed by atoms with Crippen LogP contribution in [0, 0.1) is 0 Å². The predicted octanol–water partition coefficient (Wildman–Crippen LogP) is 2.24. The van der Waals surface area contributed by atoms with Gasteiger partial charge in [0.15, 0.2) is 0 Å². The van der Waals surface area contributed by atoms with Crippen molar-refractivity contribution in [2.24, 2.45) is 0 Å². The van der Waals surface area contributed by atoms with E-state index in [2.05, 4.69) is 42.2 Å². The van der Waals surface area contributed by atoms with Crippen LogP contribution in [-0.2, 0) is 9.47 Å². The van der Waals surface area contributed by atoms with Crippen LogP contribution >= 0.6 is 0 Å². The first-order valence-corrected chi connectivity index (χ1v) is 6.76. The van der Waals surface area contributed by atoms with Gasteiger partial charge in [0.05, 0.1) is 24.9 Å². The molecule has 2 fully saturated rings. The van der Waals surface area contributed by atoms with Crippen molar-refractivity contribution in [2.45, 2.75) is 37.6 Å². The van der Waals surface area contributed by atoms with Crippen molar-refractivity contribution in [3.8, 4) is 0 Å². The Kier molecular flexibility index (Phi) is 3.37. The highest BCUT2D eigenvalue weighted by Gasteiger charge is 2.49. The van der Waals surface area contributed by atoms with E-state index in [0.29, 0.717) is 24.3 Å². The maximum Gasteiger partial charge on any atom is 0.0994 e. The molecule has 3 rings (SSSR count). The molecule has 2 aliphatic rings. The average molecular weight is 247 g/mol. The summed E-state index contributed by atoms with van der Waals surface area (Å²) in [5.74, 6) is 0. The minimum atomic E-state index is 0.344. The second kappa shape index (κ2) is 5.00. The van der Waals surface area contributed by atoms with Crippen LogP contribution in [0.25, 0.3) is 0 Å². The minimum absolute atomic E-state index is 0.344. The lowest BCUT2D eigenvalue weighted by molar-refractivity contribution is 0.0514. The van der Waals surface area contributed by atoms with Crippen molar-refractivity contribution < 1.29 is 9.47 Å². The number of methoxy groups -OCH3 is 1. The Morgan fingerprint density at radius 1 is 1.39 bits per heavy atom. The predicted molar refractivity (Wildman–Crippen MR) is 70.5 cm³/mol. The number of rotatable bonds is 4. The van der Waals surface area contributed by atoms with Crippen LogP contribution in [0.2, 0.25) is 0 Å². The highest BCUT2D eigenvalue weighted by molar-refractivity contribution is 5.20. The molecule has 3 nitrogen and oxygen atoms in total. The second-order valence-corrected chi connectivity index (χ2v) is 5.29. The zero-order valence-electron chi connectivity index (χ0n) is 11.1. The molecule has 0 bridgehead atoms. The minimum Gasteiger partial charge on any atom is -0.383 e. The maximum atomic E-state index is 5.70. The van der Waals surface area contributed by atoms with Gasteiger partial charge in [-0.15, -0.1) is 0 Å². The van der Waals surface area contributed by atoms with Crippen LogP contribution in [0.5, 0.6) is 0 Å². The van der Waals surface area contributed by atoms with E-state index in [4.69, 9.17) is 9.47 Å². The second-order valence-electron chi connectivity index (χ2n) is 5.29. The average Bonchev–Trinajstić information content (AvgIpc) is 3.19. The lowest BCUT2D eigenvalue weighted by Crippen LogP contribution is -2.45. The third-order valence-corrected chi connectivity index (χ3v) is 4.20. The van der Waals surface area contributed by atoms with E-state index in [9.17, 15) is 0 Å². The molecule has 0 saturated carbocycles. The van der Waals surface area contributed by atoms with Crippen LogP contribution in [-0.4, -0.2) is 43.4 Å². The molecule has 0 spiro atoms. The van der Waals surface area contributed by atoms with E-state index in [1.165, 1.54) is 5.56 Å². The van der Waals surface area contributed by atoms with Gasteiger partial charge in [-0.1, -0.05) is 30.3 Å². The zero-order chi connectivity index (χ0) is 12.5. The molecule has 1 aromatic carbocycles. The summed E-state index contributed by atoms with van der Waals surface area (Å²) in [7, 11) is 1.78. The van der Waals surface area contributed by atoms with Crippen molar-refractivity contribution in [3.63, 3.8) is 0 Å². The fraction of sp³-hybridized carbons (Fsp3) is 0.600. The summed E-state index contributed by atoms with van der Waals surface area (Å²) in [4.78, 5) is 2.53. The van der Waals surface area contributed by atoms with Gasteiger partial charge in [0.2, 0.25) is 0 Å². The molecule has 0 unspecified atom stereocenters. The number of ether oxygens (including phenoxy) is 2. The molecular formula is C15H21NO2. The van der Waals surface area contributed by atoms with Gasteiger partial charge < -0.3 is 9.47 Å². The fourth-order valence-corrected chi connectivity index (χ4v) is 3.14. The van der Waals surface area contributed by atoms with E-state index in [0.717, 1.165) is 19.6 Å². The summed E-state index contributed by atoms with van der Waals surface area (Å²) < 4.78 is 11.1. The molecule has 0 radical (unpaired) electrons. The number of hydrogen-bond acceptors (Lipinski definition) is 3. The Bertz CT molecular complexity index is 395. The standard InChI is InChI=1S/C15H21NO2/c1-11-15-14(18-15)8-9-16(11)13(10-17-2)12-6-4-3-5-7-12/h3-7,11,13-15H,8-10H2,1-2H3/t11-,13-,14+,15-/m0/s1. The number of piperidine rings is 1. The number of fused-ring (bicyclic) bond motifs is 1. The van der Waals surface area contributed by atoms with E-state index in [-0.39, 0.29) is 0 Å². The van der Waals surface area contributed by atoms with Crippen molar-refractivity contribution >= 4 is 0 Å². The fourth-order valence-electron chi connectivity index (χ4n) is 3.14. The molecular weight excluding hydrogens is 226 g/mol. The summed E-state index contributed by atoms with van der Waals surface area (Å²) in [5, 5.41) is 0. The van der Waals surface area contributed by atoms with Gasteiger partial charge >= 0.3 is 0 Å². The van der Waals surface area contributed by atoms with Crippen molar-refractivity contribution in [3.05, 3.63) is 35.9 Å². The van der Waals surface area contributed by atoms with Gasteiger partial charge in [-0.3, -0.25) is 4.90 Å². The van der Waals surface area contributed by atoms with Crippen LogP contribution in [0.3, 0.4) is 0 Å². The van der Waals surface area contributed by atoms with Crippen LogP contribution < -0.4 is 0 Å². The van der Waals surface area contributed by atoms with Gasteiger partial charge in [0.25, 0.3) is 0 Å². The topological polar surface area (TPSA) is 25.0 Å². The number of nitrogens with zero attached hydrogens (tertiary/aromatic N) is 1. The molecule has 0 aromatic heterocycles. The van der Waals surface area contributed by atoms with Gasteiger partial charge in [-0.2, -0.15) is 0 Å². The van der Waals surface area contributed by atoms with E-state index in [1.807, 2.05) is 0 Å². The summed E-state index contributed by atoms with van der Waals surface area (Å²) >= 11 is 0. The molecule has 2 saturated heterocycles. The third-order valence-electron chi connectivity index (χ3n) is 4.20. The van der Waals surface area contributed by atoms with Crippen molar-refractivity contribution in [2.75, 3.05) is 20.3 Å². The van der Waals surface area contributed by atoms with Gasteiger partial charge in [-0.25, -0.2) is 0 Å². The van der Waals surface area contributed by atoms with Crippen molar-refractivity contribution in [1.29, 1.82) is 0 Å². The molecule has 18 heavy (non-hydrogen) atoms. The van der Waals surface area contributed by atoms with Crippen LogP contribution in [0.15, 0.2) is 30.3 Å². The van der Waals surface area contributed by atoms with Crippen LogP contribution in [0.1, 0.15) is 24.9 Å². The third kappa shape index (κ3) is 2.18. The highest BCUT2D eigenvalue weighted by Crippen LogP contribution is 2.39. The maximum absolute atomic E-state index is 5.70. The molecule has 98 valence electrons. The Balaban J connectivity index is 1.80. The van der Waals surface area contributed by atoms with Crippen LogP contribution in [0.4, 0.5) is 0 Å². The van der Waals surface area contributed by atoms with Gasteiger partial charge in [0.1, 0.15) is 0 Å². The van der Waals surface area contributed by atoms with Crippen molar-refractivity contribution in [1.82, 2.24) is 4.90 Å². The normalized spacial score (nSPS) is 32.9. The van der Waals surface area contributed by atoms with Gasteiger partial charge in [0, 0.05) is 19.7 Å². The lowest BCUT2D eigenvalue weighted by atomic mass is 9.97. The Labute approximate surface area is 109 Å². The summed E-state index contributed by atoms with van der Waals surface area (Å²) in [5.41, 5.74) is 1.34. The Hall–Kier alpha value is -0.900. The first kappa shape index (κ1) is 12.2. The monoisotopic (exact) mass is 247 g/mol.